The zero-order valence-electron chi connectivity index (χ0n) is 6.23. The molecule has 0 fully saturated rings. The van der Waals surface area contributed by atoms with Crippen LogP contribution in [0.1, 0.15) is 13.8 Å². The van der Waals surface area contributed by atoms with Crippen molar-refractivity contribution < 1.29 is 22.7 Å². The number of halogens is 3. The van der Waals surface area contributed by atoms with Crippen LogP contribution in [0, 0.1) is 5.92 Å². The number of hydrogen-bond donors (Lipinski definition) is 0. The first-order valence-corrected chi connectivity index (χ1v) is 3.04. The maximum Gasteiger partial charge on any atom is 0.394 e. The predicted molar refractivity (Wildman–Crippen MR) is 31.9 cm³/mol. The maximum absolute atomic E-state index is 11.7. The monoisotopic (exact) mass is 170 g/mol. The lowest BCUT2D eigenvalue weighted by Crippen LogP contribution is -2.25. The first kappa shape index (κ1) is 10.3. The number of carbonyl (C=O) groups excluding carboxylic acids is 1. The summed E-state index contributed by atoms with van der Waals surface area (Å²) in [5.41, 5.74) is 0. The molecule has 0 bridgehead atoms. The van der Waals surface area contributed by atoms with E-state index in [9.17, 15) is 18.0 Å². The third-order valence-corrected chi connectivity index (χ3v) is 1.10. The van der Waals surface area contributed by atoms with Gasteiger partial charge in [-0.15, -0.1) is 0 Å². The van der Waals surface area contributed by atoms with Gasteiger partial charge in [-0.05, 0) is 0 Å². The molecule has 0 N–H and O–H groups in total. The van der Waals surface area contributed by atoms with E-state index in [1.54, 1.807) is 0 Å². The van der Waals surface area contributed by atoms with E-state index in [1.807, 2.05) is 0 Å². The minimum atomic E-state index is -4.28. The molecular formula is C6H9F3O2. The van der Waals surface area contributed by atoms with Crippen LogP contribution in [0.3, 0.4) is 0 Å². The lowest BCUT2D eigenvalue weighted by atomic mass is 10.2. The topological polar surface area (TPSA) is 26.3 Å². The number of alkyl halides is 3. The van der Waals surface area contributed by atoms with Gasteiger partial charge in [0.2, 0.25) is 0 Å². The molecule has 0 radical (unpaired) electrons. The van der Waals surface area contributed by atoms with Crippen LogP contribution in [0.4, 0.5) is 13.2 Å². The Bertz CT molecular complexity index is 141. The molecule has 66 valence electrons. The second-order valence-electron chi connectivity index (χ2n) is 2.25. The van der Waals surface area contributed by atoms with Crippen molar-refractivity contribution in [2.45, 2.75) is 20.0 Å². The lowest BCUT2D eigenvalue weighted by molar-refractivity contribution is -0.185. The first-order chi connectivity index (χ1) is 4.84. The minimum Gasteiger partial charge on any atom is -0.465 e. The summed E-state index contributed by atoms with van der Waals surface area (Å²) >= 11 is 0. The highest BCUT2D eigenvalue weighted by Crippen LogP contribution is 2.25. The molecule has 0 aromatic carbocycles. The highest BCUT2D eigenvalue weighted by molar-refractivity contribution is 5.65. The molecule has 5 heteroatoms. The largest absolute Gasteiger partial charge is 0.465 e. The highest BCUT2D eigenvalue weighted by Gasteiger charge is 2.36. The van der Waals surface area contributed by atoms with E-state index in [4.69, 9.17) is 0 Å². The van der Waals surface area contributed by atoms with Crippen molar-refractivity contribution in [2.24, 2.45) is 5.92 Å². The predicted octanol–water partition coefficient (Wildman–Crippen LogP) is 1.75. The van der Waals surface area contributed by atoms with Crippen molar-refractivity contribution in [2.75, 3.05) is 6.61 Å². The Kier molecular flexibility index (Phi) is 3.35. The Morgan fingerprint density at radius 1 is 1.55 bits per heavy atom. The fourth-order valence-corrected chi connectivity index (χ4v) is 0.337. The molecule has 0 spiro atoms. The normalized spacial score (nSPS) is 14.3. The summed E-state index contributed by atoms with van der Waals surface area (Å²) < 4.78 is 39.3. The summed E-state index contributed by atoms with van der Waals surface area (Å²) in [7, 11) is 0. The van der Waals surface area contributed by atoms with Crippen molar-refractivity contribution in [1.82, 2.24) is 0 Å². The molecule has 2 nitrogen and oxygen atoms in total. The Labute approximate surface area is 62.3 Å². The van der Waals surface area contributed by atoms with Crippen LogP contribution in [0.15, 0.2) is 0 Å². The van der Waals surface area contributed by atoms with Crippen LogP contribution in [0.5, 0.6) is 0 Å². The Morgan fingerprint density at radius 2 is 2.00 bits per heavy atom. The van der Waals surface area contributed by atoms with Gasteiger partial charge in [0.1, 0.15) is 6.61 Å². The zero-order valence-corrected chi connectivity index (χ0v) is 6.23. The molecule has 0 aliphatic rings. The second kappa shape index (κ2) is 3.59. The average molecular weight is 170 g/mol. The van der Waals surface area contributed by atoms with Gasteiger partial charge in [0, 0.05) is 6.92 Å². The van der Waals surface area contributed by atoms with Gasteiger partial charge in [0.25, 0.3) is 0 Å². The quantitative estimate of drug-likeness (QED) is 0.590. The smallest absolute Gasteiger partial charge is 0.394 e. The molecular weight excluding hydrogens is 161 g/mol. The van der Waals surface area contributed by atoms with E-state index in [0.717, 1.165) is 13.8 Å². The van der Waals surface area contributed by atoms with Crippen LogP contribution < -0.4 is 0 Å². The van der Waals surface area contributed by atoms with E-state index in [-0.39, 0.29) is 0 Å². The number of hydrogen-bond acceptors (Lipinski definition) is 2. The van der Waals surface area contributed by atoms with Crippen LogP contribution in [-0.4, -0.2) is 18.8 Å². The molecule has 0 aliphatic heterocycles. The molecule has 0 amide bonds. The summed E-state index contributed by atoms with van der Waals surface area (Å²) in [6.45, 7) is 1.44. The van der Waals surface area contributed by atoms with Crippen molar-refractivity contribution in [3.05, 3.63) is 0 Å². The second-order valence-corrected chi connectivity index (χ2v) is 2.25. The summed E-state index contributed by atoms with van der Waals surface area (Å²) in [4.78, 5) is 10.1. The van der Waals surface area contributed by atoms with Crippen molar-refractivity contribution in [1.29, 1.82) is 0 Å². The van der Waals surface area contributed by atoms with E-state index < -0.39 is 24.7 Å². The lowest BCUT2D eigenvalue weighted by Gasteiger charge is -2.14. The van der Waals surface area contributed by atoms with E-state index in [1.165, 1.54) is 0 Å². The third-order valence-electron chi connectivity index (χ3n) is 1.10. The molecule has 1 atom stereocenters. The first-order valence-electron chi connectivity index (χ1n) is 3.04. The third kappa shape index (κ3) is 4.64. The molecule has 0 aliphatic carbocycles. The molecule has 1 unspecified atom stereocenters. The summed E-state index contributed by atoms with van der Waals surface area (Å²) in [6, 6.07) is 0. The van der Waals surface area contributed by atoms with Gasteiger partial charge in [0.15, 0.2) is 0 Å². The molecule has 0 heterocycles. The van der Waals surface area contributed by atoms with E-state index in [2.05, 4.69) is 4.74 Å². The van der Waals surface area contributed by atoms with Gasteiger partial charge < -0.3 is 4.74 Å². The summed E-state index contributed by atoms with van der Waals surface area (Å²) in [6.07, 6.45) is -4.28. The van der Waals surface area contributed by atoms with Crippen LogP contribution in [0.25, 0.3) is 0 Å². The number of ether oxygens (including phenoxy) is 1. The highest BCUT2D eigenvalue weighted by atomic mass is 19.4. The summed E-state index contributed by atoms with van der Waals surface area (Å²) in [5.74, 6) is -2.28. The molecule has 0 aromatic heterocycles. The fraction of sp³-hybridized carbons (Fsp3) is 0.833. The van der Waals surface area contributed by atoms with Gasteiger partial charge >= 0.3 is 12.1 Å². The van der Waals surface area contributed by atoms with Crippen molar-refractivity contribution >= 4 is 5.97 Å². The van der Waals surface area contributed by atoms with Crippen LogP contribution in [-0.2, 0) is 9.53 Å². The van der Waals surface area contributed by atoms with Gasteiger partial charge in [-0.1, -0.05) is 6.92 Å². The molecule has 11 heavy (non-hydrogen) atoms. The van der Waals surface area contributed by atoms with Crippen molar-refractivity contribution in [3.8, 4) is 0 Å². The maximum atomic E-state index is 11.7. The number of carbonyl (C=O) groups is 1. The fourth-order valence-electron chi connectivity index (χ4n) is 0.337. The van der Waals surface area contributed by atoms with Crippen LogP contribution >= 0.6 is 0 Å². The standard InChI is InChI=1S/C6H9F3O2/c1-4(6(7,8)9)3-11-5(2)10/h4H,3H2,1-2H3. The van der Waals surface area contributed by atoms with Gasteiger partial charge in [-0.25, -0.2) is 0 Å². The Balaban J connectivity index is 3.70. The summed E-state index contributed by atoms with van der Waals surface area (Å²) in [5, 5.41) is 0. The molecule has 0 saturated heterocycles. The van der Waals surface area contributed by atoms with Gasteiger partial charge in [0.05, 0.1) is 5.92 Å². The average Bonchev–Trinajstić information content (AvgIpc) is 1.80. The Hall–Kier alpha value is -0.740. The van der Waals surface area contributed by atoms with E-state index >= 15 is 0 Å². The minimum absolute atomic E-state index is 0.598. The number of rotatable bonds is 2. The molecule has 0 saturated carbocycles. The Morgan fingerprint density at radius 3 is 2.27 bits per heavy atom. The van der Waals surface area contributed by atoms with Gasteiger partial charge in [-0.3, -0.25) is 4.79 Å². The zero-order chi connectivity index (χ0) is 9.07. The van der Waals surface area contributed by atoms with Gasteiger partial charge in [-0.2, -0.15) is 13.2 Å². The van der Waals surface area contributed by atoms with Crippen LogP contribution in [0.2, 0.25) is 0 Å². The molecule has 0 aromatic rings. The number of esters is 1. The van der Waals surface area contributed by atoms with Crippen molar-refractivity contribution in [3.63, 3.8) is 0 Å². The van der Waals surface area contributed by atoms with E-state index in [0.29, 0.717) is 0 Å². The molecule has 0 rings (SSSR count). The SMILES string of the molecule is CC(=O)OCC(C)C(F)(F)F.